The van der Waals surface area contributed by atoms with Crippen molar-refractivity contribution in [2.75, 3.05) is 13.6 Å². The van der Waals surface area contributed by atoms with Crippen LogP contribution in [0.3, 0.4) is 0 Å². The monoisotopic (exact) mass is 356 g/mol. The summed E-state index contributed by atoms with van der Waals surface area (Å²) in [4.78, 5) is 18.1. The normalized spacial score (nSPS) is 24.0. The lowest BCUT2D eigenvalue weighted by Crippen LogP contribution is -2.44. The minimum Gasteiger partial charge on any atom is -0.354 e. The topological polar surface area (TPSA) is 56.7 Å². The fourth-order valence-electron chi connectivity index (χ4n) is 3.91. The highest BCUT2D eigenvalue weighted by molar-refractivity contribution is 5.80. The number of hydrogen-bond donors (Lipinski definition) is 2. The highest BCUT2D eigenvalue weighted by Crippen LogP contribution is 2.23. The average Bonchev–Trinajstić information content (AvgIpc) is 3.05. The molecule has 0 radical (unpaired) electrons. The maximum absolute atomic E-state index is 11.8. The van der Waals surface area contributed by atoms with Gasteiger partial charge in [-0.3, -0.25) is 9.79 Å². The van der Waals surface area contributed by atoms with E-state index >= 15 is 0 Å². The molecule has 5 heteroatoms. The predicted octanol–water partition coefficient (Wildman–Crippen LogP) is 3.05. The van der Waals surface area contributed by atoms with Crippen LogP contribution in [0.25, 0.3) is 0 Å². The van der Waals surface area contributed by atoms with Crippen LogP contribution in [0, 0.1) is 5.92 Å². The van der Waals surface area contributed by atoms with Gasteiger partial charge in [0.2, 0.25) is 5.91 Å². The predicted molar refractivity (Wildman–Crippen MR) is 106 cm³/mol. The fraction of sp³-hybridized carbons (Fsp3) is 0.619. The Kier molecular flexibility index (Phi) is 6.53. The summed E-state index contributed by atoms with van der Waals surface area (Å²) in [6.45, 7) is 4.69. The molecule has 1 aliphatic heterocycles. The van der Waals surface area contributed by atoms with Gasteiger partial charge in [-0.2, -0.15) is 0 Å². The van der Waals surface area contributed by atoms with Crippen molar-refractivity contribution in [3.05, 3.63) is 35.4 Å². The smallest absolute Gasteiger partial charge is 0.222 e. The molecule has 2 N–H and O–H groups in total. The lowest BCUT2D eigenvalue weighted by molar-refractivity contribution is -0.128. The first-order valence-electron chi connectivity index (χ1n) is 9.97. The third-order valence-electron chi connectivity index (χ3n) is 5.58. The van der Waals surface area contributed by atoms with Crippen LogP contribution in [-0.2, 0) is 17.9 Å². The molecule has 1 aromatic rings. The molecule has 5 nitrogen and oxygen atoms in total. The Bertz CT molecular complexity index is 635. The second-order valence-electron chi connectivity index (χ2n) is 7.77. The summed E-state index contributed by atoms with van der Waals surface area (Å²) in [6, 6.07) is 9.02. The average molecular weight is 357 g/mol. The van der Waals surface area contributed by atoms with Gasteiger partial charge in [-0.15, -0.1) is 0 Å². The van der Waals surface area contributed by atoms with Crippen molar-refractivity contribution in [3.8, 4) is 0 Å². The zero-order valence-corrected chi connectivity index (χ0v) is 16.1. The number of guanidine groups is 1. The lowest BCUT2D eigenvalue weighted by Gasteiger charge is -2.28. The highest BCUT2D eigenvalue weighted by Gasteiger charge is 2.20. The van der Waals surface area contributed by atoms with E-state index in [-0.39, 0.29) is 5.91 Å². The van der Waals surface area contributed by atoms with Gasteiger partial charge in [-0.05, 0) is 49.1 Å². The zero-order chi connectivity index (χ0) is 18.4. The molecule has 0 atom stereocenters. The molecule has 0 aromatic heterocycles. The Hall–Kier alpha value is -2.04. The van der Waals surface area contributed by atoms with Gasteiger partial charge in [0.25, 0.3) is 0 Å². The number of rotatable bonds is 5. The van der Waals surface area contributed by atoms with Crippen LogP contribution in [0.5, 0.6) is 0 Å². The first kappa shape index (κ1) is 18.7. The zero-order valence-electron chi connectivity index (χ0n) is 16.1. The summed E-state index contributed by atoms with van der Waals surface area (Å²) in [7, 11) is 1.83. The molecule has 1 aliphatic carbocycles. The quantitative estimate of drug-likeness (QED) is 0.630. The first-order chi connectivity index (χ1) is 12.6. The van der Waals surface area contributed by atoms with Gasteiger partial charge in [0, 0.05) is 39.1 Å². The molecule has 0 spiro atoms. The van der Waals surface area contributed by atoms with E-state index < -0.39 is 0 Å². The minimum atomic E-state index is 0.278. The number of benzene rings is 1. The Morgan fingerprint density at radius 3 is 2.69 bits per heavy atom. The van der Waals surface area contributed by atoms with E-state index in [4.69, 9.17) is 0 Å². The van der Waals surface area contributed by atoms with Crippen LogP contribution in [0.2, 0.25) is 0 Å². The number of carbonyl (C=O) groups is 1. The summed E-state index contributed by atoms with van der Waals surface area (Å²) >= 11 is 0. The summed E-state index contributed by atoms with van der Waals surface area (Å²) in [5.74, 6) is 2.01. The summed E-state index contributed by atoms with van der Waals surface area (Å²) in [5, 5.41) is 6.99. The largest absolute Gasteiger partial charge is 0.354 e. The fourth-order valence-corrected chi connectivity index (χ4v) is 3.91. The van der Waals surface area contributed by atoms with Crippen molar-refractivity contribution in [1.82, 2.24) is 15.5 Å². The number of aliphatic imine (C=N–C) groups is 1. The van der Waals surface area contributed by atoms with Crippen molar-refractivity contribution in [1.29, 1.82) is 0 Å². The third kappa shape index (κ3) is 5.23. The number of likely N-dealkylation sites (tertiary alicyclic amines) is 1. The van der Waals surface area contributed by atoms with E-state index in [1.54, 1.807) is 0 Å². The maximum Gasteiger partial charge on any atom is 0.222 e. The van der Waals surface area contributed by atoms with Gasteiger partial charge in [-0.25, -0.2) is 0 Å². The molecule has 1 saturated carbocycles. The summed E-state index contributed by atoms with van der Waals surface area (Å²) < 4.78 is 0. The van der Waals surface area contributed by atoms with Crippen molar-refractivity contribution < 1.29 is 4.79 Å². The number of carbonyl (C=O) groups excluding carboxylic acids is 1. The molecule has 1 aromatic carbocycles. The molecule has 26 heavy (non-hydrogen) atoms. The van der Waals surface area contributed by atoms with Crippen molar-refractivity contribution in [3.63, 3.8) is 0 Å². The molecule has 2 aliphatic rings. The van der Waals surface area contributed by atoms with Gasteiger partial charge < -0.3 is 15.5 Å². The molecular weight excluding hydrogens is 324 g/mol. The molecule has 1 amide bonds. The van der Waals surface area contributed by atoms with E-state index in [0.29, 0.717) is 12.5 Å². The maximum atomic E-state index is 11.8. The number of nitrogens with one attached hydrogen (secondary N) is 2. The highest BCUT2D eigenvalue weighted by atomic mass is 16.2. The van der Waals surface area contributed by atoms with Gasteiger partial charge in [0.15, 0.2) is 5.96 Å². The lowest BCUT2D eigenvalue weighted by atomic mass is 9.87. The first-order valence-corrected chi connectivity index (χ1v) is 9.97. The SMILES string of the molecule is CN=C(NCc1cccc(CN2CCCC2=O)c1)NC1CCC(C)CC1. The Morgan fingerprint density at radius 2 is 2.00 bits per heavy atom. The van der Waals surface area contributed by atoms with Crippen molar-refractivity contribution in [2.24, 2.45) is 10.9 Å². The van der Waals surface area contributed by atoms with Crippen LogP contribution in [0.1, 0.15) is 56.6 Å². The molecule has 3 rings (SSSR count). The van der Waals surface area contributed by atoms with E-state index in [9.17, 15) is 4.79 Å². The Balaban J connectivity index is 1.50. The molecule has 142 valence electrons. The molecule has 1 saturated heterocycles. The summed E-state index contributed by atoms with van der Waals surface area (Å²) in [6.07, 6.45) is 6.73. The van der Waals surface area contributed by atoms with Crippen molar-refractivity contribution >= 4 is 11.9 Å². The molecular formula is C21H32N4O. The Labute approximate surface area is 157 Å². The van der Waals surface area contributed by atoms with Crippen LogP contribution in [0.4, 0.5) is 0 Å². The van der Waals surface area contributed by atoms with Crippen LogP contribution in [-0.4, -0.2) is 36.4 Å². The van der Waals surface area contributed by atoms with Crippen LogP contribution < -0.4 is 10.6 Å². The van der Waals surface area contributed by atoms with Gasteiger partial charge in [-0.1, -0.05) is 31.2 Å². The number of nitrogens with zero attached hydrogens (tertiary/aromatic N) is 2. The van der Waals surface area contributed by atoms with E-state index in [1.807, 2.05) is 11.9 Å². The van der Waals surface area contributed by atoms with E-state index in [0.717, 1.165) is 37.9 Å². The second kappa shape index (κ2) is 9.06. The van der Waals surface area contributed by atoms with Crippen molar-refractivity contribution in [2.45, 2.75) is 64.6 Å². The molecule has 0 bridgehead atoms. The molecule has 2 fully saturated rings. The second-order valence-corrected chi connectivity index (χ2v) is 7.77. The number of amides is 1. The van der Waals surface area contributed by atoms with Crippen LogP contribution >= 0.6 is 0 Å². The molecule has 0 unspecified atom stereocenters. The van der Waals surface area contributed by atoms with Gasteiger partial charge in [0.1, 0.15) is 0 Å². The van der Waals surface area contributed by atoms with Gasteiger partial charge in [0.05, 0.1) is 0 Å². The third-order valence-corrected chi connectivity index (χ3v) is 5.58. The van der Waals surface area contributed by atoms with Gasteiger partial charge >= 0.3 is 0 Å². The number of hydrogen-bond acceptors (Lipinski definition) is 2. The standard InChI is InChI=1S/C21H32N4O/c1-16-8-10-19(11-9-16)24-21(22-2)23-14-17-5-3-6-18(13-17)15-25-12-4-7-20(25)26/h3,5-6,13,16,19H,4,7-12,14-15H2,1-2H3,(H2,22,23,24). The van der Waals surface area contributed by atoms with E-state index in [1.165, 1.54) is 36.8 Å². The van der Waals surface area contributed by atoms with E-state index in [2.05, 4.69) is 46.8 Å². The Morgan fingerprint density at radius 1 is 1.23 bits per heavy atom. The summed E-state index contributed by atoms with van der Waals surface area (Å²) in [5.41, 5.74) is 2.41. The van der Waals surface area contributed by atoms with Crippen LogP contribution in [0.15, 0.2) is 29.3 Å². The minimum absolute atomic E-state index is 0.278. The molecule has 1 heterocycles.